The summed E-state index contributed by atoms with van der Waals surface area (Å²) in [4.78, 5) is 23.9. The van der Waals surface area contributed by atoms with E-state index in [0.717, 1.165) is 4.47 Å². The fraction of sp³-hybridized carbons (Fsp3) is 0.429. The number of carboxylic acids is 1. The Bertz CT molecular complexity index is 447. The van der Waals surface area contributed by atoms with E-state index in [2.05, 4.69) is 15.9 Å². The summed E-state index contributed by atoms with van der Waals surface area (Å²) < 4.78 is 6.43. The van der Waals surface area contributed by atoms with Gasteiger partial charge in [-0.25, -0.2) is 0 Å². The number of aliphatic carboxylic acids is 1. The van der Waals surface area contributed by atoms with Crippen LogP contribution in [0.15, 0.2) is 28.7 Å². The average molecular weight is 344 g/mol. The zero-order valence-electron chi connectivity index (χ0n) is 11.3. The predicted octanol–water partition coefficient (Wildman–Crippen LogP) is 2.54. The van der Waals surface area contributed by atoms with Gasteiger partial charge < -0.3 is 14.7 Å². The SMILES string of the molecule is CCN(CCC(=O)O)C(=O)CCOc1ccc(Br)cc1. The Morgan fingerprint density at radius 3 is 2.45 bits per heavy atom. The monoisotopic (exact) mass is 343 g/mol. The number of carboxylic acid groups (broad SMARTS) is 1. The van der Waals surface area contributed by atoms with Crippen LogP contribution in [0.4, 0.5) is 0 Å². The number of nitrogens with zero attached hydrogens (tertiary/aromatic N) is 1. The molecule has 0 saturated heterocycles. The minimum absolute atomic E-state index is 0.0346. The average Bonchev–Trinajstić information content (AvgIpc) is 2.41. The Labute approximate surface area is 126 Å². The molecule has 1 N–H and O–H groups in total. The highest BCUT2D eigenvalue weighted by atomic mass is 79.9. The Kier molecular flexibility index (Phi) is 7.08. The molecule has 1 aromatic rings. The zero-order chi connectivity index (χ0) is 15.0. The van der Waals surface area contributed by atoms with Crippen molar-refractivity contribution >= 4 is 27.8 Å². The number of ether oxygens (including phenoxy) is 1. The third-order valence-electron chi connectivity index (χ3n) is 2.73. The first kappa shape index (κ1) is 16.5. The van der Waals surface area contributed by atoms with Crippen molar-refractivity contribution in [3.63, 3.8) is 0 Å². The van der Waals surface area contributed by atoms with E-state index < -0.39 is 5.97 Å². The third-order valence-corrected chi connectivity index (χ3v) is 3.26. The van der Waals surface area contributed by atoms with E-state index in [0.29, 0.717) is 12.3 Å². The van der Waals surface area contributed by atoms with Crippen LogP contribution in [0, 0.1) is 0 Å². The second kappa shape index (κ2) is 8.58. The Morgan fingerprint density at radius 2 is 1.90 bits per heavy atom. The minimum atomic E-state index is -0.901. The maximum absolute atomic E-state index is 11.9. The largest absolute Gasteiger partial charge is 0.493 e. The fourth-order valence-electron chi connectivity index (χ4n) is 1.63. The lowest BCUT2D eigenvalue weighted by molar-refractivity contribution is -0.138. The van der Waals surface area contributed by atoms with Crippen molar-refractivity contribution in [3.05, 3.63) is 28.7 Å². The van der Waals surface area contributed by atoms with E-state index in [4.69, 9.17) is 9.84 Å². The lowest BCUT2D eigenvalue weighted by Gasteiger charge is -2.20. The summed E-state index contributed by atoms with van der Waals surface area (Å²) in [7, 11) is 0. The van der Waals surface area contributed by atoms with E-state index in [1.54, 1.807) is 0 Å². The predicted molar refractivity (Wildman–Crippen MR) is 78.8 cm³/mol. The molecule has 0 aliphatic carbocycles. The van der Waals surface area contributed by atoms with Gasteiger partial charge in [-0.1, -0.05) is 15.9 Å². The molecule has 0 aliphatic heterocycles. The van der Waals surface area contributed by atoms with Gasteiger partial charge in [0.2, 0.25) is 5.91 Å². The number of carbonyl (C=O) groups is 2. The first-order valence-electron chi connectivity index (χ1n) is 6.41. The first-order valence-corrected chi connectivity index (χ1v) is 7.20. The molecule has 0 saturated carbocycles. The maximum Gasteiger partial charge on any atom is 0.305 e. The summed E-state index contributed by atoms with van der Waals surface area (Å²) in [6.45, 7) is 2.85. The van der Waals surface area contributed by atoms with Gasteiger partial charge in [-0.05, 0) is 31.2 Å². The molecular formula is C14H18BrNO4. The van der Waals surface area contributed by atoms with Crippen molar-refractivity contribution in [3.8, 4) is 5.75 Å². The molecule has 20 heavy (non-hydrogen) atoms. The van der Waals surface area contributed by atoms with E-state index in [9.17, 15) is 9.59 Å². The molecule has 0 bridgehead atoms. The summed E-state index contributed by atoms with van der Waals surface area (Å²) in [5.41, 5.74) is 0. The molecule has 0 atom stereocenters. The van der Waals surface area contributed by atoms with Crippen LogP contribution < -0.4 is 4.74 Å². The number of halogens is 1. The van der Waals surface area contributed by atoms with Crippen molar-refractivity contribution < 1.29 is 19.4 Å². The molecule has 0 spiro atoms. The molecule has 0 heterocycles. The number of hydrogen-bond donors (Lipinski definition) is 1. The highest BCUT2D eigenvalue weighted by molar-refractivity contribution is 9.10. The summed E-state index contributed by atoms with van der Waals surface area (Å²) in [5.74, 6) is -0.289. The van der Waals surface area contributed by atoms with Gasteiger partial charge >= 0.3 is 5.97 Å². The van der Waals surface area contributed by atoms with Crippen molar-refractivity contribution in [1.29, 1.82) is 0 Å². The van der Waals surface area contributed by atoms with Crippen LogP contribution >= 0.6 is 15.9 Å². The molecule has 0 radical (unpaired) electrons. The molecule has 0 unspecified atom stereocenters. The number of amides is 1. The second-order valence-electron chi connectivity index (χ2n) is 4.17. The number of hydrogen-bond acceptors (Lipinski definition) is 3. The molecule has 1 rings (SSSR count). The minimum Gasteiger partial charge on any atom is -0.493 e. The quantitative estimate of drug-likeness (QED) is 0.787. The molecule has 0 aromatic heterocycles. The number of rotatable bonds is 8. The van der Waals surface area contributed by atoms with Gasteiger partial charge in [0.15, 0.2) is 0 Å². The van der Waals surface area contributed by atoms with Crippen LogP contribution in [0.1, 0.15) is 19.8 Å². The summed E-state index contributed by atoms with van der Waals surface area (Å²) in [6.07, 6.45) is 0.205. The normalized spacial score (nSPS) is 10.1. The topological polar surface area (TPSA) is 66.8 Å². The van der Waals surface area contributed by atoms with Gasteiger partial charge in [0.25, 0.3) is 0 Å². The Hall–Kier alpha value is -1.56. The first-order chi connectivity index (χ1) is 9.52. The van der Waals surface area contributed by atoms with Gasteiger partial charge in [0.05, 0.1) is 19.4 Å². The van der Waals surface area contributed by atoms with Crippen molar-refractivity contribution in [2.24, 2.45) is 0 Å². The smallest absolute Gasteiger partial charge is 0.305 e. The van der Waals surface area contributed by atoms with Crippen LogP contribution in [-0.4, -0.2) is 41.6 Å². The third kappa shape index (κ3) is 6.06. The van der Waals surface area contributed by atoms with Crippen molar-refractivity contribution in [2.45, 2.75) is 19.8 Å². The molecule has 0 aliphatic rings. The van der Waals surface area contributed by atoms with E-state index in [1.165, 1.54) is 4.90 Å². The molecule has 6 heteroatoms. The van der Waals surface area contributed by atoms with Crippen molar-refractivity contribution in [1.82, 2.24) is 4.90 Å². The molecular weight excluding hydrogens is 326 g/mol. The van der Waals surface area contributed by atoms with Crippen molar-refractivity contribution in [2.75, 3.05) is 19.7 Å². The Morgan fingerprint density at radius 1 is 1.25 bits per heavy atom. The van der Waals surface area contributed by atoms with Crippen LogP contribution in [0.3, 0.4) is 0 Å². The van der Waals surface area contributed by atoms with Gasteiger partial charge in [-0.3, -0.25) is 9.59 Å². The lowest BCUT2D eigenvalue weighted by Crippen LogP contribution is -2.33. The number of carbonyl (C=O) groups excluding carboxylic acids is 1. The number of benzene rings is 1. The van der Waals surface area contributed by atoms with E-state index in [-0.39, 0.29) is 31.9 Å². The van der Waals surface area contributed by atoms with Crippen LogP contribution in [0.5, 0.6) is 5.75 Å². The van der Waals surface area contributed by atoms with E-state index >= 15 is 0 Å². The summed E-state index contributed by atoms with van der Waals surface area (Å²) >= 11 is 3.33. The molecule has 5 nitrogen and oxygen atoms in total. The summed E-state index contributed by atoms with van der Waals surface area (Å²) in [5, 5.41) is 8.62. The van der Waals surface area contributed by atoms with Gasteiger partial charge in [0.1, 0.15) is 5.75 Å². The second-order valence-corrected chi connectivity index (χ2v) is 5.09. The molecule has 0 fully saturated rings. The molecule has 110 valence electrons. The molecule has 1 aromatic carbocycles. The van der Waals surface area contributed by atoms with Gasteiger partial charge in [0, 0.05) is 17.6 Å². The fourth-order valence-corrected chi connectivity index (χ4v) is 1.90. The van der Waals surface area contributed by atoms with E-state index in [1.807, 2.05) is 31.2 Å². The Balaban J connectivity index is 2.33. The lowest BCUT2D eigenvalue weighted by atomic mass is 10.3. The highest BCUT2D eigenvalue weighted by Crippen LogP contribution is 2.16. The molecule has 1 amide bonds. The highest BCUT2D eigenvalue weighted by Gasteiger charge is 2.12. The van der Waals surface area contributed by atoms with Crippen LogP contribution in [0.2, 0.25) is 0 Å². The van der Waals surface area contributed by atoms with Crippen LogP contribution in [-0.2, 0) is 9.59 Å². The maximum atomic E-state index is 11.9. The zero-order valence-corrected chi connectivity index (χ0v) is 12.9. The summed E-state index contributed by atoms with van der Waals surface area (Å²) in [6, 6.07) is 7.36. The van der Waals surface area contributed by atoms with Crippen LogP contribution in [0.25, 0.3) is 0 Å². The van der Waals surface area contributed by atoms with Gasteiger partial charge in [-0.15, -0.1) is 0 Å². The standard InChI is InChI=1S/C14H18BrNO4/c1-2-16(9-7-14(18)19)13(17)8-10-20-12-5-3-11(15)4-6-12/h3-6H,2,7-10H2,1H3,(H,18,19). The van der Waals surface area contributed by atoms with Gasteiger partial charge in [-0.2, -0.15) is 0 Å².